The quantitative estimate of drug-likeness (QED) is 0.632. The second-order valence-corrected chi connectivity index (χ2v) is 7.80. The summed E-state index contributed by atoms with van der Waals surface area (Å²) in [4.78, 5) is 0. The van der Waals surface area contributed by atoms with E-state index in [9.17, 15) is 0 Å². The van der Waals surface area contributed by atoms with Crippen molar-refractivity contribution in [3.63, 3.8) is 0 Å². The molecule has 1 saturated carbocycles. The van der Waals surface area contributed by atoms with E-state index in [2.05, 4.69) is 66.3 Å². The second-order valence-electron chi connectivity index (χ2n) is 6.89. The van der Waals surface area contributed by atoms with Crippen molar-refractivity contribution in [3.8, 4) is 0 Å². The molecule has 1 nitrogen and oxygen atoms in total. The van der Waals surface area contributed by atoms with Crippen LogP contribution in [0.15, 0.2) is 28.7 Å². The number of halogens is 1. The lowest BCUT2D eigenvalue weighted by Gasteiger charge is -2.25. The smallest absolute Gasteiger partial charge is 0.0320 e. The van der Waals surface area contributed by atoms with Crippen LogP contribution in [-0.2, 0) is 0 Å². The van der Waals surface area contributed by atoms with Gasteiger partial charge in [-0.3, -0.25) is 0 Å². The molecule has 0 radical (unpaired) electrons. The molecule has 1 fully saturated rings. The largest absolute Gasteiger partial charge is 0.307 e. The van der Waals surface area contributed by atoms with Crippen LogP contribution in [0.2, 0.25) is 0 Å². The maximum absolute atomic E-state index is 3.93. The molecular weight excluding hydrogens is 322 g/mol. The van der Waals surface area contributed by atoms with Crippen LogP contribution in [0.3, 0.4) is 0 Å². The van der Waals surface area contributed by atoms with E-state index in [0.717, 1.165) is 22.7 Å². The lowest BCUT2D eigenvalue weighted by molar-refractivity contribution is 0.333. The fourth-order valence-corrected chi connectivity index (χ4v) is 3.86. The first-order valence-electron chi connectivity index (χ1n) is 8.61. The van der Waals surface area contributed by atoms with Gasteiger partial charge in [0.2, 0.25) is 0 Å². The first-order valence-corrected chi connectivity index (χ1v) is 9.41. The van der Waals surface area contributed by atoms with E-state index in [0.29, 0.717) is 12.1 Å². The molecule has 3 atom stereocenters. The number of benzene rings is 1. The van der Waals surface area contributed by atoms with Crippen molar-refractivity contribution in [2.24, 2.45) is 11.8 Å². The highest BCUT2D eigenvalue weighted by molar-refractivity contribution is 9.10. The minimum Gasteiger partial charge on any atom is -0.307 e. The summed E-state index contributed by atoms with van der Waals surface area (Å²) in [6.45, 7) is 7.05. The molecular formula is C19H30BrN. The van der Waals surface area contributed by atoms with Gasteiger partial charge in [-0.1, -0.05) is 61.7 Å². The van der Waals surface area contributed by atoms with Gasteiger partial charge < -0.3 is 5.32 Å². The SMILES string of the molecule is CCC(NC1CCCC(C(C)C)CC1)c1ccc(Br)cc1. The van der Waals surface area contributed by atoms with Gasteiger partial charge in [-0.25, -0.2) is 0 Å². The Labute approximate surface area is 139 Å². The third-order valence-corrected chi connectivity index (χ3v) is 5.60. The van der Waals surface area contributed by atoms with Gasteiger partial charge in [0.25, 0.3) is 0 Å². The molecule has 1 aliphatic carbocycles. The molecule has 2 rings (SSSR count). The highest BCUT2D eigenvalue weighted by Crippen LogP contribution is 2.30. The maximum atomic E-state index is 3.93. The second kappa shape index (κ2) is 8.33. The van der Waals surface area contributed by atoms with Crippen LogP contribution >= 0.6 is 15.9 Å². The van der Waals surface area contributed by atoms with Crippen molar-refractivity contribution in [1.82, 2.24) is 5.32 Å². The summed E-state index contributed by atoms with van der Waals surface area (Å²) in [5.74, 6) is 1.78. The van der Waals surface area contributed by atoms with E-state index in [1.165, 1.54) is 37.7 Å². The van der Waals surface area contributed by atoms with Crippen LogP contribution in [0.1, 0.15) is 70.9 Å². The summed E-state index contributed by atoms with van der Waals surface area (Å²) < 4.78 is 1.16. The molecule has 0 saturated heterocycles. The number of hydrogen-bond acceptors (Lipinski definition) is 1. The molecule has 1 N–H and O–H groups in total. The van der Waals surface area contributed by atoms with E-state index >= 15 is 0 Å². The van der Waals surface area contributed by atoms with Gasteiger partial charge >= 0.3 is 0 Å². The molecule has 0 heterocycles. The van der Waals surface area contributed by atoms with Gasteiger partial charge in [-0.2, -0.15) is 0 Å². The molecule has 0 aromatic heterocycles. The predicted molar refractivity (Wildman–Crippen MR) is 95.5 cm³/mol. The molecule has 1 aliphatic rings. The van der Waals surface area contributed by atoms with E-state index in [-0.39, 0.29) is 0 Å². The average Bonchev–Trinajstić information content (AvgIpc) is 2.71. The van der Waals surface area contributed by atoms with Gasteiger partial charge in [-0.05, 0) is 55.2 Å². The Hall–Kier alpha value is -0.340. The zero-order valence-corrected chi connectivity index (χ0v) is 15.3. The van der Waals surface area contributed by atoms with Crippen LogP contribution in [0, 0.1) is 11.8 Å². The summed E-state index contributed by atoms with van der Waals surface area (Å²) in [6, 6.07) is 10.0. The van der Waals surface area contributed by atoms with Crippen LogP contribution in [-0.4, -0.2) is 6.04 Å². The monoisotopic (exact) mass is 351 g/mol. The maximum Gasteiger partial charge on any atom is 0.0320 e. The zero-order chi connectivity index (χ0) is 15.2. The average molecular weight is 352 g/mol. The predicted octanol–water partition coefficient (Wildman–Crippen LogP) is 6.09. The van der Waals surface area contributed by atoms with Crippen LogP contribution in [0.4, 0.5) is 0 Å². The fraction of sp³-hybridized carbons (Fsp3) is 0.684. The van der Waals surface area contributed by atoms with Crippen LogP contribution in [0.25, 0.3) is 0 Å². The fourth-order valence-electron chi connectivity index (χ4n) is 3.59. The molecule has 0 aliphatic heterocycles. The Balaban J connectivity index is 1.94. The van der Waals surface area contributed by atoms with Crippen molar-refractivity contribution in [2.45, 2.75) is 71.4 Å². The van der Waals surface area contributed by atoms with Crippen molar-refractivity contribution in [1.29, 1.82) is 0 Å². The number of nitrogens with one attached hydrogen (secondary N) is 1. The van der Waals surface area contributed by atoms with E-state index in [1.54, 1.807) is 0 Å². The van der Waals surface area contributed by atoms with Gasteiger partial charge in [0.05, 0.1) is 0 Å². The van der Waals surface area contributed by atoms with Crippen molar-refractivity contribution < 1.29 is 0 Å². The third-order valence-electron chi connectivity index (χ3n) is 5.07. The Morgan fingerprint density at radius 1 is 1.10 bits per heavy atom. The first kappa shape index (κ1) is 17.0. The van der Waals surface area contributed by atoms with E-state index in [1.807, 2.05) is 0 Å². The Morgan fingerprint density at radius 3 is 2.43 bits per heavy atom. The van der Waals surface area contributed by atoms with Crippen molar-refractivity contribution >= 4 is 15.9 Å². The van der Waals surface area contributed by atoms with Gasteiger partial charge in [0, 0.05) is 16.6 Å². The van der Waals surface area contributed by atoms with Gasteiger partial charge in [0.1, 0.15) is 0 Å². The van der Waals surface area contributed by atoms with Gasteiger partial charge in [0.15, 0.2) is 0 Å². The minimum atomic E-state index is 0.499. The molecule has 0 bridgehead atoms. The number of hydrogen-bond donors (Lipinski definition) is 1. The van der Waals surface area contributed by atoms with Gasteiger partial charge in [-0.15, -0.1) is 0 Å². The Bertz CT molecular complexity index is 412. The summed E-state index contributed by atoms with van der Waals surface area (Å²) in [7, 11) is 0. The van der Waals surface area contributed by atoms with Crippen molar-refractivity contribution in [3.05, 3.63) is 34.3 Å². The highest BCUT2D eigenvalue weighted by atomic mass is 79.9. The lowest BCUT2D eigenvalue weighted by atomic mass is 9.89. The highest BCUT2D eigenvalue weighted by Gasteiger charge is 2.22. The standard InChI is InChI=1S/C19H30BrN/c1-4-19(16-8-11-17(20)12-9-16)21-18-7-5-6-15(10-13-18)14(2)3/h8-9,11-12,14-15,18-19,21H,4-7,10,13H2,1-3H3. The molecule has 21 heavy (non-hydrogen) atoms. The normalized spacial score (nSPS) is 24.8. The molecule has 118 valence electrons. The Kier molecular flexibility index (Phi) is 6.75. The summed E-state index contributed by atoms with van der Waals surface area (Å²) in [6.07, 6.45) is 8.05. The van der Waals surface area contributed by atoms with Crippen LogP contribution < -0.4 is 5.32 Å². The minimum absolute atomic E-state index is 0.499. The molecule has 0 spiro atoms. The number of rotatable bonds is 5. The third kappa shape index (κ3) is 5.10. The molecule has 0 amide bonds. The summed E-state index contributed by atoms with van der Waals surface area (Å²) in [5, 5.41) is 3.93. The van der Waals surface area contributed by atoms with E-state index in [4.69, 9.17) is 0 Å². The summed E-state index contributed by atoms with van der Waals surface area (Å²) in [5.41, 5.74) is 1.42. The van der Waals surface area contributed by atoms with Crippen LogP contribution in [0.5, 0.6) is 0 Å². The molecule has 3 unspecified atom stereocenters. The zero-order valence-electron chi connectivity index (χ0n) is 13.7. The molecule has 2 heteroatoms. The molecule has 1 aromatic carbocycles. The first-order chi connectivity index (χ1) is 10.1. The Morgan fingerprint density at radius 2 is 1.81 bits per heavy atom. The lowest BCUT2D eigenvalue weighted by Crippen LogP contribution is -2.32. The van der Waals surface area contributed by atoms with Crippen molar-refractivity contribution in [2.75, 3.05) is 0 Å². The molecule has 1 aromatic rings. The van der Waals surface area contributed by atoms with E-state index < -0.39 is 0 Å². The summed E-state index contributed by atoms with van der Waals surface area (Å²) >= 11 is 3.53. The topological polar surface area (TPSA) is 12.0 Å².